The fourth-order valence-electron chi connectivity index (χ4n) is 2.07. The summed E-state index contributed by atoms with van der Waals surface area (Å²) in [5, 5.41) is 20.4. The minimum absolute atomic E-state index is 0.235. The van der Waals surface area contributed by atoms with E-state index < -0.39 is 21.9 Å². The van der Waals surface area contributed by atoms with Crippen molar-refractivity contribution in [2.24, 2.45) is 0 Å². The Morgan fingerprint density at radius 1 is 1.30 bits per heavy atom. The highest BCUT2D eigenvalue weighted by atomic mass is 16.6. The zero-order chi connectivity index (χ0) is 14.9. The van der Waals surface area contributed by atoms with Crippen molar-refractivity contribution < 1.29 is 10.0 Å². The van der Waals surface area contributed by atoms with Crippen LogP contribution in [0.1, 0.15) is 16.8 Å². The highest BCUT2D eigenvalue weighted by Gasteiger charge is 2.22. The molecule has 0 amide bonds. The second kappa shape index (κ2) is 5.16. The van der Waals surface area contributed by atoms with E-state index in [0.717, 1.165) is 11.1 Å². The Bertz CT molecular complexity index is 734. The van der Waals surface area contributed by atoms with Crippen LogP contribution in [0.4, 0.5) is 5.69 Å². The summed E-state index contributed by atoms with van der Waals surface area (Å²) in [5.74, 6) is -0.599. The first-order valence-electron chi connectivity index (χ1n) is 6.04. The predicted octanol–water partition coefficient (Wildman–Crippen LogP) is 2.13. The number of nitrogens with zero attached hydrogens (tertiary/aromatic N) is 2. The maximum Gasteiger partial charge on any atom is 0.375 e. The number of rotatable bonds is 3. The van der Waals surface area contributed by atoms with E-state index >= 15 is 0 Å². The van der Waals surface area contributed by atoms with Gasteiger partial charge in [-0.2, -0.15) is 0 Å². The van der Waals surface area contributed by atoms with Crippen LogP contribution >= 0.6 is 0 Å². The Kier molecular flexibility index (Phi) is 3.56. The second-order valence-electron chi connectivity index (χ2n) is 4.59. The van der Waals surface area contributed by atoms with E-state index in [-0.39, 0.29) is 6.54 Å². The maximum absolute atomic E-state index is 12.1. The molecule has 1 heterocycles. The van der Waals surface area contributed by atoms with Gasteiger partial charge in [0.1, 0.15) is 0 Å². The van der Waals surface area contributed by atoms with Crippen molar-refractivity contribution >= 4 is 5.69 Å². The number of aromatic hydroxyl groups is 1. The molecule has 1 N–H and O–H groups in total. The maximum atomic E-state index is 12.1. The topological polar surface area (TPSA) is 85.4 Å². The summed E-state index contributed by atoms with van der Waals surface area (Å²) in [6.07, 6.45) is 0. The smallest absolute Gasteiger partial charge is 0.375 e. The molecule has 0 aliphatic rings. The Morgan fingerprint density at radius 3 is 2.55 bits per heavy atom. The molecule has 0 bridgehead atoms. The lowest BCUT2D eigenvalue weighted by Gasteiger charge is -2.12. The van der Waals surface area contributed by atoms with Gasteiger partial charge in [0.15, 0.2) is 0 Å². The van der Waals surface area contributed by atoms with Crippen molar-refractivity contribution in [3.8, 4) is 5.75 Å². The molecule has 2 rings (SSSR count). The molecule has 0 saturated heterocycles. The summed E-state index contributed by atoms with van der Waals surface area (Å²) < 4.78 is 1.29. The van der Waals surface area contributed by atoms with Crippen molar-refractivity contribution in [3.63, 3.8) is 0 Å². The summed E-state index contributed by atoms with van der Waals surface area (Å²) in [6.45, 7) is 3.77. The van der Waals surface area contributed by atoms with Crippen molar-refractivity contribution in [2.45, 2.75) is 20.4 Å². The zero-order valence-electron chi connectivity index (χ0n) is 11.2. The van der Waals surface area contributed by atoms with E-state index in [9.17, 15) is 20.0 Å². The first-order chi connectivity index (χ1) is 9.41. The second-order valence-corrected chi connectivity index (χ2v) is 4.59. The average molecular weight is 274 g/mol. The van der Waals surface area contributed by atoms with Crippen LogP contribution in [-0.4, -0.2) is 14.6 Å². The molecule has 0 fully saturated rings. The Labute approximate surface area is 115 Å². The molecule has 6 heteroatoms. The van der Waals surface area contributed by atoms with E-state index in [2.05, 4.69) is 0 Å². The van der Waals surface area contributed by atoms with Gasteiger partial charge < -0.3 is 9.67 Å². The van der Waals surface area contributed by atoms with Crippen LogP contribution in [0.15, 0.2) is 35.1 Å². The van der Waals surface area contributed by atoms with Gasteiger partial charge in [0.05, 0.1) is 11.5 Å². The van der Waals surface area contributed by atoms with E-state index in [0.29, 0.717) is 5.69 Å². The molecule has 104 valence electrons. The third-order valence-corrected chi connectivity index (χ3v) is 3.23. The molecule has 1 aromatic heterocycles. The molecule has 0 spiro atoms. The molecule has 0 unspecified atom stereocenters. The molecule has 2 aromatic rings. The number of aromatic nitrogens is 1. The van der Waals surface area contributed by atoms with Crippen molar-refractivity contribution in [3.05, 3.63) is 67.6 Å². The van der Waals surface area contributed by atoms with Gasteiger partial charge in [0, 0.05) is 11.8 Å². The third kappa shape index (κ3) is 2.40. The monoisotopic (exact) mass is 274 g/mol. The lowest BCUT2D eigenvalue weighted by Crippen LogP contribution is -2.25. The van der Waals surface area contributed by atoms with Crippen molar-refractivity contribution in [2.75, 3.05) is 0 Å². The molecule has 0 atom stereocenters. The number of pyridine rings is 1. The van der Waals surface area contributed by atoms with Gasteiger partial charge in [0.2, 0.25) is 5.75 Å². The zero-order valence-corrected chi connectivity index (χ0v) is 11.2. The minimum atomic E-state index is -0.856. The van der Waals surface area contributed by atoms with Gasteiger partial charge in [-0.1, -0.05) is 24.3 Å². The molecule has 0 radical (unpaired) electrons. The normalized spacial score (nSPS) is 10.5. The average Bonchev–Trinajstić information content (AvgIpc) is 2.35. The van der Waals surface area contributed by atoms with Gasteiger partial charge in [-0.15, -0.1) is 0 Å². The van der Waals surface area contributed by atoms with Crippen LogP contribution in [0.5, 0.6) is 5.75 Å². The fourth-order valence-corrected chi connectivity index (χ4v) is 2.07. The molecular formula is C14H14N2O4. The SMILES string of the molecule is Cc1ccccc1Cn1c(C)cc(O)c([N+](=O)[O-])c1=O. The molecule has 1 aromatic carbocycles. The van der Waals surface area contributed by atoms with Crippen molar-refractivity contribution in [1.82, 2.24) is 4.57 Å². The van der Waals surface area contributed by atoms with Crippen LogP contribution < -0.4 is 5.56 Å². The largest absolute Gasteiger partial charge is 0.502 e. The van der Waals surface area contributed by atoms with Gasteiger partial charge in [-0.25, -0.2) is 0 Å². The lowest BCUT2D eigenvalue weighted by atomic mass is 10.1. The van der Waals surface area contributed by atoms with Gasteiger partial charge >= 0.3 is 11.2 Å². The molecule has 0 aliphatic heterocycles. The summed E-state index contributed by atoms with van der Waals surface area (Å²) in [7, 11) is 0. The van der Waals surface area contributed by atoms with E-state index in [1.165, 1.54) is 10.6 Å². The predicted molar refractivity (Wildman–Crippen MR) is 74.0 cm³/mol. The van der Waals surface area contributed by atoms with E-state index in [1.807, 2.05) is 31.2 Å². The number of hydrogen-bond donors (Lipinski definition) is 1. The number of benzene rings is 1. The minimum Gasteiger partial charge on any atom is -0.502 e. The number of aryl methyl sites for hydroxylation is 2. The molecule has 0 aliphatic carbocycles. The highest BCUT2D eigenvalue weighted by molar-refractivity contribution is 5.44. The van der Waals surface area contributed by atoms with Crippen LogP contribution in [0.3, 0.4) is 0 Å². The lowest BCUT2D eigenvalue weighted by molar-refractivity contribution is -0.387. The van der Waals surface area contributed by atoms with Crippen LogP contribution in [0.2, 0.25) is 0 Å². The molecule has 20 heavy (non-hydrogen) atoms. The van der Waals surface area contributed by atoms with Crippen molar-refractivity contribution in [1.29, 1.82) is 0 Å². The Morgan fingerprint density at radius 2 is 1.95 bits per heavy atom. The molecule has 6 nitrogen and oxygen atoms in total. The summed E-state index contributed by atoms with van der Waals surface area (Å²) in [5.41, 5.74) is 0.786. The first kappa shape index (κ1) is 13.8. The quantitative estimate of drug-likeness (QED) is 0.686. The van der Waals surface area contributed by atoms with E-state index in [4.69, 9.17) is 0 Å². The van der Waals surface area contributed by atoms with E-state index in [1.54, 1.807) is 6.92 Å². The number of nitro groups is 1. The molecule has 0 saturated carbocycles. The van der Waals surface area contributed by atoms with Crippen LogP contribution in [0, 0.1) is 24.0 Å². The number of hydrogen-bond acceptors (Lipinski definition) is 4. The Balaban J connectivity index is 2.58. The summed E-state index contributed by atoms with van der Waals surface area (Å²) in [6, 6.07) is 8.73. The Hall–Kier alpha value is -2.63. The summed E-state index contributed by atoms with van der Waals surface area (Å²) >= 11 is 0. The third-order valence-electron chi connectivity index (χ3n) is 3.23. The van der Waals surface area contributed by atoms with Crippen LogP contribution in [-0.2, 0) is 6.54 Å². The fraction of sp³-hybridized carbons (Fsp3) is 0.214. The van der Waals surface area contributed by atoms with Gasteiger partial charge in [-0.05, 0) is 25.0 Å². The highest BCUT2D eigenvalue weighted by Crippen LogP contribution is 2.22. The summed E-state index contributed by atoms with van der Waals surface area (Å²) in [4.78, 5) is 22.1. The van der Waals surface area contributed by atoms with Gasteiger partial charge in [-0.3, -0.25) is 14.9 Å². The first-order valence-corrected chi connectivity index (χ1v) is 6.04. The molecular weight excluding hydrogens is 260 g/mol. The van der Waals surface area contributed by atoms with Gasteiger partial charge in [0.25, 0.3) is 0 Å². The standard InChI is InChI=1S/C14H14N2O4/c1-9-5-3-4-6-11(9)8-15-10(2)7-12(17)13(14(15)18)16(19)20/h3-7,17H,8H2,1-2H3. The van der Waals surface area contributed by atoms with Crippen LogP contribution in [0.25, 0.3) is 0 Å².